The lowest BCUT2D eigenvalue weighted by molar-refractivity contribution is -0.130. The quantitative estimate of drug-likeness (QED) is 0.658. The van der Waals surface area contributed by atoms with Gasteiger partial charge in [0.2, 0.25) is 5.91 Å². The number of hydrogen-bond acceptors (Lipinski definition) is 2. The second kappa shape index (κ2) is 6.82. The van der Waals surface area contributed by atoms with E-state index in [0.29, 0.717) is 5.91 Å². The van der Waals surface area contributed by atoms with Gasteiger partial charge in [-0.1, -0.05) is 12.8 Å². The molecule has 14 heavy (non-hydrogen) atoms. The number of rotatable bonds is 6. The third-order valence-electron chi connectivity index (χ3n) is 2.80. The fourth-order valence-electron chi connectivity index (χ4n) is 1.90. The number of likely N-dealkylation sites (tertiary alicyclic amines) is 1. The van der Waals surface area contributed by atoms with Crippen LogP contribution in [0.4, 0.5) is 0 Å². The highest BCUT2D eigenvalue weighted by Gasteiger charge is 2.16. The Labute approximate surface area is 86.6 Å². The van der Waals surface area contributed by atoms with Crippen molar-refractivity contribution in [1.82, 2.24) is 4.90 Å². The fourth-order valence-corrected chi connectivity index (χ4v) is 1.90. The van der Waals surface area contributed by atoms with Crippen molar-refractivity contribution >= 4 is 5.91 Å². The van der Waals surface area contributed by atoms with E-state index in [9.17, 15) is 4.79 Å². The van der Waals surface area contributed by atoms with Crippen molar-refractivity contribution in [2.75, 3.05) is 19.6 Å². The minimum absolute atomic E-state index is 0.357. The van der Waals surface area contributed by atoms with E-state index < -0.39 is 0 Å². The lowest BCUT2D eigenvalue weighted by Gasteiger charge is -2.14. The van der Waals surface area contributed by atoms with Crippen molar-refractivity contribution in [3.8, 4) is 0 Å². The summed E-state index contributed by atoms with van der Waals surface area (Å²) in [5, 5.41) is 0. The van der Waals surface area contributed by atoms with Crippen molar-refractivity contribution in [3.63, 3.8) is 0 Å². The van der Waals surface area contributed by atoms with Crippen LogP contribution in [0.25, 0.3) is 0 Å². The fraction of sp³-hybridized carbons (Fsp3) is 0.909. The van der Waals surface area contributed by atoms with E-state index in [4.69, 9.17) is 5.73 Å². The summed E-state index contributed by atoms with van der Waals surface area (Å²) in [6.45, 7) is 2.75. The zero-order valence-electron chi connectivity index (χ0n) is 9.00. The van der Waals surface area contributed by atoms with Gasteiger partial charge in [0, 0.05) is 19.5 Å². The first-order valence-corrected chi connectivity index (χ1v) is 5.82. The van der Waals surface area contributed by atoms with Gasteiger partial charge in [0.15, 0.2) is 0 Å². The van der Waals surface area contributed by atoms with Crippen LogP contribution in [0, 0.1) is 0 Å². The van der Waals surface area contributed by atoms with Crippen molar-refractivity contribution in [2.45, 2.75) is 44.9 Å². The molecular formula is C11H22N2O. The van der Waals surface area contributed by atoms with Gasteiger partial charge in [-0.05, 0) is 32.2 Å². The molecule has 1 amide bonds. The van der Waals surface area contributed by atoms with Crippen LogP contribution in [0.2, 0.25) is 0 Å². The Hall–Kier alpha value is -0.570. The topological polar surface area (TPSA) is 46.3 Å². The Balaban J connectivity index is 1.97. The normalized spacial score (nSPS) is 16.2. The number of unbranched alkanes of at least 4 members (excludes halogenated alkanes) is 3. The summed E-state index contributed by atoms with van der Waals surface area (Å²) in [5.41, 5.74) is 5.39. The maximum absolute atomic E-state index is 11.6. The maximum atomic E-state index is 11.6. The van der Waals surface area contributed by atoms with Crippen LogP contribution in [0.5, 0.6) is 0 Å². The first-order valence-electron chi connectivity index (χ1n) is 5.82. The number of carbonyl (C=O) groups excluding carboxylic acids is 1. The van der Waals surface area contributed by atoms with Crippen LogP contribution in [-0.4, -0.2) is 30.4 Å². The molecule has 1 aliphatic heterocycles. The Morgan fingerprint density at radius 2 is 1.71 bits per heavy atom. The highest BCUT2D eigenvalue weighted by atomic mass is 16.2. The molecule has 82 valence electrons. The molecule has 0 atom stereocenters. The predicted molar refractivity (Wildman–Crippen MR) is 58.0 cm³/mol. The number of nitrogens with zero attached hydrogens (tertiary/aromatic N) is 1. The molecule has 3 nitrogen and oxygen atoms in total. The van der Waals surface area contributed by atoms with Gasteiger partial charge >= 0.3 is 0 Å². The average Bonchev–Trinajstić information content (AvgIpc) is 2.70. The molecular weight excluding hydrogens is 176 g/mol. The second-order valence-electron chi connectivity index (χ2n) is 4.04. The average molecular weight is 198 g/mol. The van der Waals surface area contributed by atoms with Crippen LogP contribution in [-0.2, 0) is 4.79 Å². The van der Waals surface area contributed by atoms with Gasteiger partial charge < -0.3 is 10.6 Å². The molecule has 1 rings (SSSR count). The molecule has 0 saturated carbocycles. The predicted octanol–water partition coefficient (Wildman–Crippen LogP) is 1.52. The van der Waals surface area contributed by atoms with Gasteiger partial charge in [-0.25, -0.2) is 0 Å². The molecule has 3 heteroatoms. The van der Waals surface area contributed by atoms with Crippen molar-refractivity contribution in [2.24, 2.45) is 5.73 Å². The third kappa shape index (κ3) is 4.09. The smallest absolute Gasteiger partial charge is 0.222 e. The lowest BCUT2D eigenvalue weighted by atomic mass is 10.1. The molecule has 2 N–H and O–H groups in total. The van der Waals surface area contributed by atoms with Crippen LogP contribution in [0.1, 0.15) is 44.9 Å². The Kier molecular flexibility index (Phi) is 5.60. The van der Waals surface area contributed by atoms with Gasteiger partial charge in [-0.15, -0.1) is 0 Å². The zero-order valence-corrected chi connectivity index (χ0v) is 9.00. The number of carbonyl (C=O) groups is 1. The number of nitrogens with two attached hydrogens (primary N) is 1. The Morgan fingerprint density at radius 1 is 1.07 bits per heavy atom. The largest absolute Gasteiger partial charge is 0.343 e. The highest BCUT2D eigenvalue weighted by Crippen LogP contribution is 2.11. The summed E-state index contributed by atoms with van der Waals surface area (Å²) in [6, 6.07) is 0. The molecule has 0 unspecified atom stereocenters. The highest BCUT2D eigenvalue weighted by molar-refractivity contribution is 5.76. The molecule has 1 saturated heterocycles. The van der Waals surface area contributed by atoms with E-state index in [2.05, 4.69) is 0 Å². The third-order valence-corrected chi connectivity index (χ3v) is 2.80. The van der Waals surface area contributed by atoms with E-state index in [0.717, 1.165) is 45.3 Å². The van der Waals surface area contributed by atoms with Gasteiger partial charge in [0.25, 0.3) is 0 Å². The minimum Gasteiger partial charge on any atom is -0.343 e. The van der Waals surface area contributed by atoms with Crippen molar-refractivity contribution in [3.05, 3.63) is 0 Å². The number of amides is 1. The monoisotopic (exact) mass is 198 g/mol. The van der Waals surface area contributed by atoms with Gasteiger partial charge in [0.05, 0.1) is 0 Å². The summed E-state index contributed by atoms with van der Waals surface area (Å²) in [6.07, 6.45) is 7.58. The lowest BCUT2D eigenvalue weighted by Crippen LogP contribution is -2.27. The van der Waals surface area contributed by atoms with Crippen molar-refractivity contribution in [1.29, 1.82) is 0 Å². The Bertz CT molecular complexity index is 165. The van der Waals surface area contributed by atoms with E-state index >= 15 is 0 Å². The maximum Gasteiger partial charge on any atom is 0.222 e. The molecule has 0 aromatic carbocycles. The van der Waals surface area contributed by atoms with Gasteiger partial charge in [0.1, 0.15) is 0 Å². The molecule has 1 fully saturated rings. The second-order valence-corrected chi connectivity index (χ2v) is 4.04. The first kappa shape index (κ1) is 11.5. The van der Waals surface area contributed by atoms with Crippen LogP contribution in [0.15, 0.2) is 0 Å². The summed E-state index contributed by atoms with van der Waals surface area (Å²) < 4.78 is 0. The van der Waals surface area contributed by atoms with Crippen LogP contribution < -0.4 is 5.73 Å². The van der Waals surface area contributed by atoms with E-state index in [1.165, 1.54) is 19.3 Å². The molecule has 1 aliphatic rings. The SMILES string of the molecule is NCCCCCCC(=O)N1CCCC1. The Morgan fingerprint density at radius 3 is 2.36 bits per heavy atom. The van der Waals surface area contributed by atoms with E-state index in [1.54, 1.807) is 0 Å². The number of hydrogen-bond donors (Lipinski definition) is 1. The molecule has 0 aromatic heterocycles. The van der Waals surface area contributed by atoms with Crippen LogP contribution >= 0.6 is 0 Å². The molecule has 0 aromatic rings. The standard InChI is InChI=1S/C11H22N2O/c12-8-4-2-1-3-7-11(14)13-9-5-6-10-13/h1-10,12H2. The summed E-state index contributed by atoms with van der Waals surface area (Å²) in [5.74, 6) is 0.357. The first-order chi connectivity index (χ1) is 6.84. The zero-order chi connectivity index (χ0) is 10.2. The summed E-state index contributed by atoms with van der Waals surface area (Å²) >= 11 is 0. The molecule has 0 radical (unpaired) electrons. The minimum atomic E-state index is 0.357. The van der Waals surface area contributed by atoms with Crippen molar-refractivity contribution < 1.29 is 4.79 Å². The van der Waals surface area contributed by atoms with E-state index in [-0.39, 0.29) is 0 Å². The molecule has 0 aliphatic carbocycles. The molecule has 1 heterocycles. The molecule has 0 spiro atoms. The molecule has 0 bridgehead atoms. The summed E-state index contributed by atoms with van der Waals surface area (Å²) in [7, 11) is 0. The summed E-state index contributed by atoms with van der Waals surface area (Å²) in [4.78, 5) is 13.6. The van der Waals surface area contributed by atoms with Crippen LogP contribution in [0.3, 0.4) is 0 Å². The van der Waals surface area contributed by atoms with E-state index in [1.807, 2.05) is 4.90 Å². The van der Waals surface area contributed by atoms with Gasteiger partial charge in [-0.3, -0.25) is 4.79 Å². The van der Waals surface area contributed by atoms with Gasteiger partial charge in [-0.2, -0.15) is 0 Å².